The average Bonchev–Trinajstić information content (AvgIpc) is 3.60. The molecule has 1 aliphatic carbocycles. The number of likely N-dealkylation sites (tertiary alicyclic amines) is 1. The Bertz CT molecular complexity index is 1310. The summed E-state index contributed by atoms with van der Waals surface area (Å²) < 4.78 is 13.0. The number of aromatic nitrogens is 3. The second kappa shape index (κ2) is 10.7. The molecule has 0 bridgehead atoms. The third kappa shape index (κ3) is 4.75. The highest BCUT2D eigenvalue weighted by Crippen LogP contribution is 2.43. The van der Waals surface area contributed by atoms with Gasteiger partial charge in [0.25, 0.3) is 0 Å². The molecule has 0 radical (unpaired) electrons. The first-order valence-electron chi connectivity index (χ1n) is 13.8. The molecule has 3 aromatic rings. The molecule has 1 aromatic carbocycles. The van der Waals surface area contributed by atoms with Crippen molar-refractivity contribution in [1.29, 1.82) is 0 Å². The Kier molecular flexibility index (Phi) is 7.02. The molecule has 1 amide bonds. The number of methoxy groups -OCH3 is 1. The normalized spacial score (nSPS) is 18.7. The van der Waals surface area contributed by atoms with Crippen LogP contribution < -0.4 is 4.90 Å². The first-order chi connectivity index (χ1) is 18.6. The maximum absolute atomic E-state index is 12.7. The number of piperidine rings is 1. The molecule has 0 N–H and O–H groups in total. The average molecular weight is 518 g/mol. The van der Waals surface area contributed by atoms with Crippen LogP contribution >= 0.6 is 0 Å². The summed E-state index contributed by atoms with van der Waals surface area (Å²) in [6.07, 6.45) is 7.27. The number of rotatable bonds is 7. The van der Waals surface area contributed by atoms with E-state index in [4.69, 9.17) is 19.6 Å². The molecule has 4 heterocycles. The third-order valence-corrected chi connectivity index (χ3v) is 8.22. The van der Waals surface area contributed by atoms with Crippen molar-refractivity contribution in [3.63, 3.8) is 0 Å². The summed E-state index contributed by atoms with van der Waals surface area (Å²) in [4.78, 5) is 34.1. The van der Waals surface area contributed by atoms with Gasteiger partial charge in [-0.25, -0.2) is 14.5 Å². The van der Waals surface area contributed by atoms with Crippen molar-refractivity contribution in [2.24, 2.45) is 0 Å². The maximum Gasteiger partial charge on any atom is 0.356 e. The van der Waals surface area contributed by atoms with Crippen molar-refractivity contribution in [2.75, 3.05) is 44.8 Å². The van der Waals surface area contributed by atoms with Gasteiger partial charge in [-0.1, -0.05) is 24.6 Å². The lowest BCUT2D eigenvalue weighted by atomic mass is 9.82. The molecule has 1 saturated carbocycles. The summed E-state index contributed by atoms with van der Waals surface area (Å²) in [6, 6.07) is 11.8. The second-order valence-electron chi connectivity index (χ2n) is 10.6. The molecule has 38 heavy (non-hydrogen) atoms. The van der Waals surface area contributed by atoms with Crippen molar-refractivity contribution in [3.8, 4) is 5.69 Å². The summed E-state index contributed by atoms with van der Waals surface area (Å²) in [5.74, 6) is 0.0317. The van der Waals surface area contributed by atoms with E-state index in [1.54, 1.807) is 0 Å². The quantitative estimate of drug-likeness (QED) is 0.436. The van der Waals surface area contributed by atoms with Gasteiger partial charge in [0.15, 0.2) is 11.3 Å². The van der Waals surface area contributed by atoms with Crippen LogP contribution in [0, 0.1) is 0 Å². The Morgan fingerprint density at radius 2 is 1.71 bits per heavy atom. The molecule has 3 fully saturated rings. The van der Waals surface area contributed by atoms with Gasteiger partial charge in [-0.2, -0.15) is 5.10 Å². The number of hydrogen-bond acceptors (Lipinski definition) is 7. The minimum absolute atomic E-state index is 0.0494. The summed E-state index contributed by atoms with van der Waals surface area (Å²) >= 11 is 0. The van der Waals surface area contributed by atoms with Crippen LogP contribution in [0.2, 0.25) is 0 Å². The molecule has 9 nitrogen and oxygen atoms in total. The van der Waals surface area contributed by atoms with Crippen molar-refractivity contribution in [3.05, 3.63) is 47.8 Å². The van der Waals surface area contributed by atoms with Crippen LogP contribution in [0.4, 0.5) is 5.69 Å². The molecule has 0 unspecified atom stereocenters. The van der Waals surface area contributed by atoms with Gasteiger partial charge in [-0.05, 0) is 56.7 Å². The summed E-state index contributed by atoms with van der Waals surface area (Å²) in [7, 11) is 1.38. The number of hydrogen-bond donors (Lipinski definition) is 0. The molecule has 3 aliphatic rings. The molecule has 0 atom stereocenters. The van der Waals surface area contributed by atoms with Crippen molar-refractivity contribution >= 4 is 28.6 Å². The molecular formula is C29H35N5O4. The molecular weight excluding hydrogens is 482 g/mol. The standard InChI is InChI=1S/C29H35N5O4/c1-37-29(36)23-18-24(32-16-12-22(13-17-32)38-19-25(35)33-14-5-6-15-33)26-27(20-8-7-9-20)31-34(28(26)30-23)21-10-3-2-4-11-21/h2-4,10-11,18,20,22H,5-9,12-17,19H2,1H3. The Morgan fingerprint density at radius 3 is 2.37 bits per heavy atom. The number of esters is 1. The lowest BCUT2D eigenvalue weighted by Crippen LogP contribution is -2.39. The van der Waals surface area contributed by atoms with E-state index in [0.29, 0.717) is 11.6 Å². The fourth-order valence-electron chi connectivity index (χ4n) is 5.81. The van der Waals surface area contributed by atoms with E-state index in [0.717, 1.165) is 87.2 Å². The number of benzene rings is 1. The Labute approximate surface area is 222 Å². The van der Waals surface area contributed by atoms with E-state index in [1.807, 2.05) is 46.0 Å². The number of nitrogens with zero attached hydrogens (tertiary/aromatic N) is 5. The largest absolute Gasteiger partial charge is 0.464 e. The number of anilines is 1. The van der Waals surface area contributed by atoms with Gasteiger partial charge in [0.05, 0.1) is 35.7 Å². The van der Waals surface area contributed by atoms with Crippen LogP contribution in [0.15, 0.2) is 36.4 Å². The Balaban J connectivity index is 1.30. The molecule has 2 saturated heterocycles. The van der Waals surface area contributed by atoms with Crippen molar-refractivity contribution < 1.29 is 19.1 Å². The predicted octanol–water partition coefficient (Wildman–Crippen LogP) is 4.08. The van der Waals surface area contributed by atoms with E-state index in [2.05, 4.69) is 4.90 Å². The monoisotopic (exact) mass is 517 g/mol. The lowest BCUT2D eigenvalue weighted by Gasteiger charge is -2.34. The number of pyridine rings is 1. The van der Waals surface area contributed by atoms with Crippen LogP contribution in [-0.2, 0) is 14.3 Å². The number of amides is 1. The smallest absolute Gasteiger partial charge is 0.356 e. The van der Waals surface area contributed by atoms with Gasteiger partial charge >= 0.3 is 5.97 Å². The molecule has 200 valence electrons. The van der Waals surface area contributed by atoms with E-state index in [9.17, 15) is 9.59 Å². The van der Waals surface area contributed by atoms with E-state index in [-0.39, 0.29) is 24.3 Å². The van der Waals surface area contributed by atoms with E-state index < -0.39 is 5.97 Å². The van der Waals surface area contributed by atoms with Gasteiger partial charge in [-0.3, -0.25) is 4.79 Å². The van der Waals surface area contributed by atoms with Crippen LogP contribution in [0.25, 0.3) is 16.7 Å². The zero-order valence-electron chi connectivity index (χ0n) is 22.0. The van der Waals surface area contributed by atoms with Crippen LogP contribution in [0.3, 0.4) is 0 Å². The highest BCUT2D eigenvalue weighted by molar-refractivity contribution is 5.99. The van der Waals surface area contributed by atoms with Gasteiger partial charge in [0, 0.05) is 32.1 Å². The molecule has 2 aliphatic heterocycles. The number of ether oxygens (including phenoxy) is 2. The van der Waals surface area contributed by atoms with Crippen LogP contribution in [0.1, 0.15) is 67.0 Å². The van der Waals surface area contributed by atoms with Gasteiger partial charge in [0.2, 0.25) is 5.91 Å². The Hall–Kier alpha value is -3.46. The topological polar surface area (TPSA) is 89.8 Å². The van der Waals surface area contributed by atoms with Crippen LogP contribution in [0.5, 0.6) is 0 Å². The zero-order valence-corrected chi connectivity index (χ0v) is 22.0. The number of carbonyl (C=O) groups excluding carboxylic acids is 2. The number of carbonyl (C=O) groups is 2. The molecule has 6 rings (SSSR count). The highest BCUT2D eigenvalue weighted by Gasteiger charge is 2.32. The number of fused-ring (bicyclic) bond motifs is 1. The van der Waals surface area contributed by atoms with E-state index >= 15 is 0 Å². The van der Waals surface area contributed by atoms with Crippen LogP contribution in [-0.4, -0.2) is 77.5 Å². The molecule has 9 heteroatoms. The fraction of sp³-hybridized carbons (Fsp3) is 0.517. The summed E-state index contributed by atoms with van der Waals surface area (Å²) in [6.45, 7) is 3.39. The SMILES string of the molecule is COC(=O)c1cc(N2CCC(OCC(=O)N3CCCC3)CC2)c2c(C3CCC3)nn(-c3ccccc3)c2n1. The predicted molar refractivity (Wildman–Crippen MR) is 144 cm³/mol. The maximum atomic E-state index is 12.7. The third-order valence-electron chi connectivity index (χ3n) is 8.22. The van der Waals surface area contributed by atoms with E-state index in [1.165, 1.54) is 13.5 Å². The summed E-state index contributed by atoms with van der Waals surface area (Å²) in [5, 5.41) is 6.10. The van der Waals surface area contributed by atoms with Gasteiger partial charge in [0.1, 0.15) is 6.61 Å². The fourth-order valence-corrected chi connectivity index (χ4v) is 5.81. The number of para-hydroxylation sites is 1. The Morgan fingerprint density at radius 1 is 0.974 bits per heavy atom. The molecule has 2 aromatic heterocycles. The first kappa shape index (κ1) is 24.9. The first-order valence-corrected chi connectivity index (χ1v) is 13.8. The molecule has 0 spiro atoms. The minimum atomic E-state index is -0.460. The van der Waals surface area contributed by atoms with Gasteiger partial charge in [-0.15, -0.1) is 0 Å². The summed E-state index contributed by atoms with van der Waals surface area (Å²) in [5.41, 5.74) is 3.92. The van der Waals surface area contributed by atoms with Crippen molar-refractivity contribution in [2.45, 2.75) is 57.0 Å². The van der Waals surface area contributed by atoms with Crippen molar-refractivity contribution in [1.82, 2.24) is 19.7 Å². The second-order valence-corrected chi connectivity index (χ2v) is 10.6. The zero-order chi connectivity index (χ0) is 26.1. The van der Waals surface area contributed by atoms with Gasteiger partial charge < -0.3 is 19.3 Å². The lowest BCUT2D eigenvalue weighted by molar-refractivity contribution is -0.137. The highest BCUT2D eigenvalue weighted by atomic mass is 16.5. The minimum Gasteiger partial charge on any atom is -0.464 e.